The number of Topliss-reactive ketones (excluding diaryl/α,β-unsaturated/α-hetero) is 1. The topological polar surface area (TPSA) is 131 Å². The maximum atomic E-state index is 13.5. The van der Waals surface area contributed by atoms with Gasteiger partial charge >= 0.3 is 13.1 Å². The first-order chi connectivity index (χ1) is 19.2. The molecule has 3 aliphatic rings. The third-order valence-corrected chi connectivity index (χ3v) is 11.6. The first-order valence-corrected chi connectivity index (χ1v) is 15.1. The molecular weight excluding hydrogens is 519 g/mol. The van der Waals surface area contributed by atoms with Crippen molar-refractivity contribution in [2.45, 2.75) is 99.0 Å². The molecular formula is C32H49BN2O6. The molecule has 0 amide bonds. The first-order valence-electron chi connectivity index (χ1n) is 15.1. The van der Waals surface area contributed by atoms with Crippen LogP contribution in [0.4, 0.5) is 5.69 Å². The minimum absolute atomic E-state index is 0.0547. The first kappa shape index (κ1) is 31.7. The predicted molar refractivity (Wildman–Crippen MR) is 161 cm³/mol. The molecule has 4 rings (SSSR count). The van der Waals surface area contributed by atoms with Gasteiger partial charge in [-0.3, -0.25) is 4.79 Å². The number of nitrogens with one attached hydrogen (secondary N) is 1. The average molecular weight is 569 g/mol. The normalized spacial score (nSPS) is 36.6. The standard InChI is InChI=1S/C32H49BN2O6/c1-8-30(6)15-27(41-28(37)17-35-24-13-23(16-34)25-18-40-33(39)26(25)14-24)31(7)19(2)9-11-32(22(31)5,12-10-20(3)36)21(4)29(30)38/h8,13-14,19,21-22,27,29,35,38-39H,1,9-12,15-18,34H2,2-7H3/t19-,21+,22+,27-,29+,30-,31-,32+/m1/s1. The van der Waals surface area contributed by atoms with Crippen LogP contribution >= 0.6 is 0 Å². The summed E-state index contributed by atoms with van der Waals surface area (Å²) in [5.41, 5.74) is 7.69. The van der Waals surface area contributed by atoms with Crippen molar-refractivity contribution >= 4 is 30.0 Å². The third-order valence-electron chi connectivity index (χ3n) is 11.6. The van der Waals surface area contributed by atoms with Gasteiger partial charge in [0.05, 0.1) is 12.7 Å². The lowest BCUT2D eigenvalue weighted by Gasteiger charge is -2.64. The van der Waals surface area contributed by atoms with Crippen molar-refractivity contribution in [2.75, 3.05) is 11.9 Å². The number of carbonyl (C=O) groups is 2. The number of hydrogen-bond donors (Lipinski definition) is 4. The molecule has 0 radical (unpaired) electrons. The van der Waals surface area contributed by atoms with Gasteiger partial charge in [-0.25, -0.2) is 0 Å². The quantitative estimate of drug-likeness (QED) is 0.202. The van der Waals surface area contributed by atoms with E-state index in [0.717, 1.165) is 24.0 Å². The van der Waals surface area contributed by atoms with Gasteiger partial charge in [0, 0.05) is 29.5 Å². The maximum Gasteiger partial charge on any atom is 0.491 e. The highest BCUT2D eigenvalue weighted by atomic mass is 16.5. The van der Waals surface area contributed by atoms with Gasteiger partial charge in [-0.2, -0.15) is 0 Å². The van der Waals surface area contributed by atoms with Gasteiger partial charge in [-0.1, -0.05) is 40.7 Å². The Balaban J connectivity index is 1.63. The number of esters is 1. The van der Waals surface area contributed by atoms with E-state index >= 15 is 0 Å². The number of ether oxygens (including phenoxy) is 1. The molecule has 8 nitrogen and oxygen atoms in total. The second-order valence-corrected chi connectivity index (χ2v) is 13.5. The molecule has 0 spiro atoms. The fourth-order valence-corrected chi connectivity index (χ4v) is 8.32. The van der Waals surface area contributed by atoms with E-state index in [0.29, 0.717) is 43.6 Å². The summed E-state index contributed by atoms with van der Waals surface area (Å²) in [4.78, 5) is 25.6. The second-order valence-electron chi connectivity index (χ2n) is 13.5. The molecule has 9 heteroatoms. The van der Waals surface area contributed by atoms with Gasteiger partial charge in [0.15, 0.2) is 0 Å². The molecule has 0 aromatic heterocycles. The van der Waals surface area contributed by atoms with E-state index in [1.807, 2.05) is 19.1 Å². The van der Waals surface area contributed by atoms with Crippen LogP contribution in [0.3, 0.4) is 0 Å². The van der Waals surface area contributed by atoms with Gasteiger partial charge in [0.25, 0.3) is 0 Å². The van der Waals surface area contributed by atoms with E-state index < -0.39 is 30.7 Å². The summed E-state index contributed by atoms with van der Waals surface area (Å²) in [7, 11) is -1.01. The number of nitrogens with two attached hydrogens (primary N) is 1. The summed E-state index contributed by atoms with van der Waals surface area (Å²) >= 11 is 0. The zero-order valence-corrected chi connectivity index (χ0v) is 25.7. The molecule has 226 valence electrons. The van der Waals surface area contributed by atoms with Crippen LogP contribution in [-0.2, 0) is 32.1 Å². The van der Waals surface area contributed by atoms with Crippen molar-refractivity contribution in [3.05, 3.63) is 35.9 Å². The molecule has 8 atom stereocenters. The van der Waals surface area contributed by atoms with Crippen LogP contribution in [0.1, 0.15) is 84.8 Å². The van der Waals surface area contributed by atoms with Crippen molar-refractivity contribution in [1.82, 2.24) is 0 Å². The van der Waals surface area contributed by atoms with Crippen LogP contribution in [-0.4, -0.2) is 47.8 Å². The molecule has 1 aromatic rings. The summed E-state index contributed by atoms with van der Waals surface area (Å²) in [5.74, 6) is 0.0841. The Kier molecular flexibility index (Phi) is 9.15. The Morgan fingerprint density at radius 3 is 2.63 bits per heavy atom. The van der Waals surface area contributed by atoms with E-state index in [4.69, 9.17) is 15.1 Å². The monoisotopic (exact) mass is 568 g/mol. The number of ketones is 1. The summed E-state index contributed by atoms with van der Waals surface area (Å²) < 4.78 is 11.7. The van der Waals surface area contributed by atoms with Gasteiger partial charge in [-0.05, 0) is 84.5 Å². The molecule has 1 heterocycles. The van der Waals surface area contributed by atoms with Gasteiger partial charge in [0.1, 0.15) is 18.4 Å². The molecule has 1 aliphatic heterocycles. The minimum Gasteiger partial charge on any atom is -0.460 e. The highest BCUT2D eigenvalue weighted by Gasteiger charge is 2.62. The molecule has 2 aliphatic carbocycles. The second kappa shape index (κ2) is 11.8. The molecule has 2 saturated carbocycles. The predicted octanol–water partition coefficient (Wildman–Crippen LogP) is 3.71. The Morgan fingerprint density at radius 1 is 1.29 bits per heavy atom. The Bertz CT molecular complexity index is 1180. The van der Waals surface area contributed by atoms with Crippen LogP contribution in [0, 0.1) is 34.0 Å². The van der Waals surface area contributed by atoms with Crippen molar-refractivity contribution in [3.63, 3.8) is 0 Å². The number of benzene rings is 1. The van der Waals surface area contributed by atoms with E-state index in [1.165, 1.54) is 0 Å². The molecule has 5 N–H and O–H groups in total. The largest absolute Gasteiger partial charge is 0.491 e. The van der Waals surface area contributed by atoms with Crippen molar-refractivity contribution < 1.29 is 29.1 Å². The van der Waals surface area contributed by atoms with Crippen molar-refractivity contribution in [2.24, 2.45) is 39.7 Å². The maximum absolute atomic E-state index is 13.5. The lowest BCUT2D eigenvalue weighted by Crippen LogP contribution is -2.62. The zero-order valence-electron chi connectivity index (χ0n) is 25.7. The van der Waals surface area contributed by atoms with Gasteiger partial charge < -0.3 is 35.4 Å². The highest BCUT2D eigenvalue weighted by Crippen LogP contribution is 2.65. The third kappa shape index (κ3) is 5.51. The summed E-state index contributed by atoms with van der Waals surface area (Å²) in [6, 6.07) is 3.67. The lowest BCUT2D eigenvalue weighted by atomic mass is 9.42. The number of anilines is 1. The van der Waals surface area contributed by atoms with Crippen LogP contribution < -0.4 is 16.5 Å². The fourth-order valence-electron chi connectivity index (χ4n) is 8.32. The molecule has 2 fully saturated rings. The van der Waals surface area contributed by atoms with E-state index in [2.05, 4.69) is 39.6 Å². The fraction of sp³-hybridized carbons (Fsp3) is 0.688. The molecule has 2 bridgehead atoms. The van der Waals surface area contributed by atoms with Crippen molar-refractivity contribution in [3.8, 4) is 0 Å². The van der Waals surface area contributed by atoms with Crippen LogP contribution in [0.15, 0.2) is 24.8 Å². The van der Waals surface area contributed by atoms with Gasteiger partial charge in [0.2, 0.25) is 0 Å². The number of rotatable bonds is 9. The molecule has 41 heavy (non-hydrogen) atoms. The van der Waals surface area contributed by atoms with Crippen LogP contribution in [0.5, 0.6) is 0 Å². The number of carbonyl (C=O) groups excluding carboxylic acids is 2. The molecule has 0 saturated heterocycles. The van der Waals surface area contributed by atoms with Gasteiger partial charge in [-0.15, -0.1) is 6.58 Å². The average Bonchev–Trinajstić information content (AvgIpc) is 3.32. The summed E-state index contributed by atoms with van der Waals surface area (Å²) in [6.07, 6.45) is 4.16. The number of aliphatic hydroxyl groups excluding tert-OH is 1. The van der Waals surface area contributed by atoms with E-state index in [-0.39, 0.29) is 40.9 Å². The minimum atomic E-state index is -1.01. The van der Waals surface area contributed by atoms with E-state index in [1.54, 1.807) is 13.0 Å². The Hall–Kier alpha value is -2.20. The van der Waals surface area contributed by atoms with Crippen LogP contribution in [0.25, 0.3) is 0 Å². The summed E-state index contributed by atoms with van der Waals surface area (Å²) in [5, 5.41) is 25.2. The zero-order chi connectivity index (χ0) is 30.3. The Morgan fingerprint density at radius 2 is 2.00 bits per heavy atom. The van der Waals surface area contributed by atoms with E-state index in [9.17, 15) is 19.7 Å². The SMILES string of the molecule is C=C[C@]1(C)C[C@@H](OC(=O)CNc2cc(CN)c3c(c2)B(O)OC3)[C@]2(C)[C@H](C)CC[C@@](CCC(C)=O)([C@H]2C)[C@@H](C)[C@@H]1O. The van der Waals surface area contributed by atoms with Crippen molar-refractivity contribution in [1.29, 1.82) is 0 Å². The summed E-state index contributed by atoms with van der Waals surface area (Å²) in [6.45, 7) is 17.1. The number of fused-ring (bicyclic) bond motifs is 3. The highest BCUT2D eigenvalue weighted by molar-refractivity contribution is 6.61. The molecule has 0 unspecified atom stereocenters. The smallest absolute Gasteiger partial charge is 0.460 e. The number of hydrogen-bond acceptors (Lipinski definition) is 8. The van der Waals surface area contributed by atoms with Crippen LogP contribution in [0.2, 0.25) is 0 Å². The number of aliphatic hydroxyl groups is 1. The Labute approximate surface area is 245 Å². The molecule has 1 aromatic carbocycles. The lowest BCUT2D eigenvalue weighted by molar-refractivity contribution is -0.212.